The summed E-state index contributed by atoms with van der Waals surface area (Å²) in [5.41, 5.74) is 2.70. The SMILES string of the molecule is CC1(c2c[nH]c3ccccc23)SCCS1. The van der Waals surface area contributed by atoms with Crippen LogP contribution >= 0.6 is 23.5 Å². The average Bonchev–Trinajstić information content (AvgIpc) is 2.84. The second kappa shape index (κ2) is 3.49. The van der Waals surface area contributed by atoms with E-state index in [1.54, 1.807) is 0 Å². The fourth-order valence-corrected chi connectivity index (χ4v) is 5.05. The van der Waals surface area contributed by atoms with E-state index in [4.69, 9.17) is 0 Å². The summed E-state index contributed by atoms with van der Waals surface area (Å²) in [6.45, 7) is 2.34. The summed E-state index contributed by atoms with van der Waals surface area (Å²) in [6, 6.07) is 8.56. The minimum atomic E-state index is 0.250. The molecule has 0 saturated carbocycles. The van der Waals surface area contributed by atoms with Gasteiger partial charge in [-0.05, 0) is 13.0 Å². The molecule has 78 valence electrons. The molecule has 2 aromatic rings. The Hall–Kier alpha value is -0.540. The van der Waals surface area contributed by atoms with Crippen molar-refractivity contribution < 1.29 is 0 Å². The lowest BCUT2D eigenvalue weighted by molar-refractivity contribution is 1.04. The second-order valence-electron chi connectivity index (χ2n) is 3.89. The van der Waals surface area contributed by atoms with Crippen molar-refractivity contribution in [2.24, 2.45) is 0 Å². The van der Waals surface area contributed by atoms with Gasteiger partial charge in [-0.1, -0.05) is 18.2 Å². The van der Waals surface area contributed by atoms with Gasteiger partial charge in [-0.15, -0.1) is 23.5 Å². The molecule has 15 heavy (non-hydrogen) atoms. The number of para-hydroxylation sites is 1. The van der Waals surface area contributed by atoms with Gasteiger partial charge in [-0.3, -0.25) is 0 Å². The first-order valence-electron chi connectivity index (χ1n) is 5.14. The van der Waals surface area contributed by atoms with E-state index in [-0.39, 0.29) is 4.08 Å². The third-order valence-corrected chi connectivity index (χ3v) is 6.24. The Morgan fingerprint density at radius 2 is 1.93 bits per heavy atom. The number of aromatic nitrogens is 1. The minimum absolute atomic E-state index is 0.250. The first-order chi connectivity index (χ1) is 7.30. The number of rotatable bonds is 1. The number of thioether (sulfide) groups is 2. The van der Waals surface area contributed by atoms with E-state index < -0.39 is 0 Å². The lowest BCUT2D eigenvalue weighted by Gasteiger charge is -2.21. The third-order valence-electron chi connectivity index (χ3n) is 2.92. The highest BCUT2D eigenvalue weighted by atomic mass is 32.2. The zero-order chi connectivity index (χ0) is 10.3. The molecular weight excluding hydrogens is 222 g/mol. The van der Waals surface area contributed by atoms with Gasteiger partial charge in [0.1, 0.15) is 0 Å². The van der Waals surface area contributed by atoms with Gasteiger partial charge in [0.2, 0.25) is 0 Å². The van der Waals surface area contributed by atoms with Crippen molar-refractivity contribution in [3.05, 3.63) is 36.0 Å². The normalized spacial score (nSPS) is 19.8. The van der Waals surface area contributed by atoms with Crippen LogP contribution in [0.3, 0.4) is 0 Å². The Kier molecular flexibility index (Phi) is 2.25. The van der Waals surface area contributed by atoms with Gasteiger partial charge in [-0.25, -0.2) is 0 Å². The monoisotopic (exact) mass is 235 g/mol. The highest BCUT2D eigenvalue weighted by molar-refractivity contribution is 8.20. The van der Waals surface area contributed by atoms with Crippen LogP contribution in [0.2, 0.25) is 0 Å². The van der Waals surface area contributed by atoms with Crippen LogP contribution < -0.4 is 0 Å². The number of nitrogens with one attached hydrogen (secondary N) is 1. The van der Waals surface area contributed by atoms with Gasteiger partial charge < -0.3 is 4.98 Å². The summed E-state index contributed by atoms with van der Waals surface area (Å²) in [5, 5.41) is 1.38. The molecule has 1 saturated heterocycles. The van der Waals surface area contributed by atoms with Gasteiger partial charge in [-0.2, -0.15) is 0 Å². The molecule has 0 unspecified atom stereocenters. The average molecular weight is 235 g/mol. The third kappa shape index (κ3) is 1.49. The molecule has 0 amide bonds. The maximum Gasteiger partial charge on any atom is 0.0853 e. The van der Waals surface area contributed by atoms with Crippen LogP contribution in [-0.2, 0) is 4.08 Å². The van der Waals surface area contributed by atoms with Gasteiger partial charge in [0.15, 0.2) is 0 Å². The number of hydrogen-bond acceptors (Lipinski definition) is 2. The van der Waals surface area contributed by atoms with Crippen molar-refractivity contribution in [2.75, 3.05) is 11.5 Å². The molecule has 2 heterocycles. The molecule has 0 radical (unpaired) electrons. The molecule has 1 fully saturated rings. The Morgan fingerprint density at radius 1 is 1.20 bits per heavy atom. The summed E-state index contributed by atoms with van der Waals surface area (Å²) in [5.74, 6) is 2.53. The summed E-state index contributed by atoms with van der Waals surface area (Å²) in [4.78, 5) is 3.36. The quantitative estimate of drug-likeness (QED) is 0.808. The highest BCUT2D eigenvalue weighted by Gasteiger charge is 2.34. The van der Waals surface area contributed by atoms with Crippen LogP contribution in [0, 0.1) is 0 Å². The predicted octanol–water partition coefficient (Wildman–Crippen LogP) is 3.82. The maximum absolute atomic E-state index is 3.36. The van der Waals surface area contributed by atoms with Crippen molar-refractivity contribution in [1.82, 2.24) is 4.98 Å². The smallest absolute Gasteiger partial charge is 0.0853 e. The molecule has 3 rings (SSSR count). The van der Waals surface area contributed by atoms with Crippen molar-refractivity contribution in [1.29, 1.82) is 0 Å². The van der Waals surface area contributed by atoms with E-state index in [2.05, 4.69) is 65.9 Å². The molecule has 0 aliphatic carbocycles. The molecule has 3 heteroatoms. The number of fused-ring (bicyclic) bond motifs is 1. The molecule has 0 bridgehead atoms. The van der Waals surface area contributed by atoms with E-state index in [1.807, 2.05) is 0 Å². The van der Waals surface area contributed by atoms with Gasteiger partial charge >= 0.3 is 0 Å². The number of benzene rings is 1. The zero-order valence-electron chi connectivity index (χ0n) is 8.62. The topological polar surface area (TPSA) is 15.8 Å². The Bertz CT molecular complexity index is 483. The van der Waals surface area contributed by atoms with Gasteiger partial charge in [0.25, 0.3) is 0 Å². The summed E-state index contributed by atoms with van der Waals surface area (Å²) in [7, 11) is 0. The Balaban J connectivity index is 2.18. The lowest BCUT2D eigenvalue weighted by Crippen LogP contribution is -2.07. The number of H-pyrrole nitrogens is 1. The molecule has 1 aliphatic heterocycles. The van der Waals surface area contributed by atoms with Crippen molar-refractivity contribution >= 4 is 34.4 Å². The van der Waals surface area contributed by atoms with E-state index in [0.29, 0.717) is 0 Å². The van der Waals surface area contributed by atoms with Crippen LogP contribution in [0.4, 0.5) is 0 Å². The van der Waals surface area contributed by atoms with Gasteiger partial charge in [0.05, 0.1) is 4.08 Å². The highest BCUT2D eigenvalue weighted by Crippen LogP contribution is 2.52. The molecule has 1 nitrogen and oxygen atoms in total. The van der Waals surface area contributed by atoms with Crippen LogP contribution in [-0.4, -0.2) is 16.5 Å². The standard InChI is InChI=1S/C12H13NS2/c1-12(14-6-7-15-12)10-8-13-11-5-3-2-4-9(10)11/h2-5,8,13H,6-7H2,1H3. The minimum Gasteiger partial charge on any atom is -0.361 e. The fourth-order valence-electron chi connectivity index (χ4n) is 2.12. The zero-order valence-corrected chi connectivity index (χ0v) is 10.3. The van der Waals surface area contributed by atoms with Gasteiger partial charge in [0, 0.05) is 34.2 Å². The summed E-state index contributed by atoms with van der Waals surface area (Å²) in [6.07, 6.45) is 2.18. The van der Waals surface area contributed by atoms with E-state index >= 15 is 0 Å². The van der Waals surface area contributed by atoms with Crippen LogP contribution in [0.15, 0.2) is 30.5 Å². The van der Waals surface area contributed by atoms with Crippen LogP contribution in [0.25, 0.3) is 10.9 Å². The molecule has 1 aliphatic rings. The predicted molar refractivity (Wildman–Crippen MR) is 70.6 cm³/mol. The van der Waals surface area contributed by atoms with E-state index in [1.165, 1.54) is 28.0 Å². The fraction of sp³-hybridized carbons (Fsp3) is 0.333. The lowest BCUT2D eigenvalue weighted by atomic mass is 10.1. The first-order valence-corrected chi connectivity index (χ1v) is 7.11. The molecule has 1 N–H and O–H groups in total. The number of hydrogen-bond donors (Lipinski definition) is 1. The number of aromatic amines is 1. The Morgan fingerprint density at radius 3 is 2.73 bits per heavy atom. The first kappa shape index (κ1) is 9.67. The maximum atomic E-state index is 3.36. The largest absolute Gasteiger partial charge is 0.361 e. The summed E-state index contributed by atoms with van der Waals surface area (Å²) < 4.78 is 0.250. The second-order valence-corrected chi connectivity index (χ2v) is 7.18. The van der Waals surface area contributed by atoms with Crippen molar-refractivity contribution in [3.63, 3.8) is 0 Å². The summed E-state index contributed by atoms with van der Waals surface area (Å²) >= 11 is 4.12. The molecule has 0 spiro atoms. The molecular formula is C12H13NS2. The van der Waals surface area contributed by atoms with Crippen LogP contribution in [0.5, 0.6) is 0 Å². The van der Waals surface area contributed by atoms with E-state index in [9.17, 15) is 0 Å². The molecule has 0 atom stereocenters. The Labute approximate surface area is 98.0 Å². The van der Waals surface area contributed by atoms with Crippen molar-refractivity contribution in [2.45, 2.75) is 11.0 Å². The van der Waals surface area contributed by atoms with Crippen molar-refractivity contribution in [3.8, 4) is 0 Å². The molecule has 1 aromatic carbocycles. The van der Waals surface area contributed by atoms with E-state index in [0.717, 1.165) is 0 Å². The van der Waals surface area contributed by atoms with Crippen LogP contribution in [0.1, 0.15) is 12.5 Å². The molecule has 1 aromatic heterocycles.